The molecule has 28 heavy (non-hydrogen) atoms. The van der Waals surface area contributed by atoms with Gasteiger partial charge in [-0.05, 0) is 17.7 Å². The van der Waals surface area contributed by atoms with Gasteiger partial charge in [-0.2, -0.15) is 0 Å². The molecule has 2 aliphatic rings. The van der Waals surface area contributed by atoms with Crippen molar-refractivity contribution in [3.8, 4) is 11.5 Å². The van der Waals surface area contributed by atoms with Gasteiger partial charge < -0.3 is 30.2 Å². The second-order valence-electron chi connectivity index (χ2n) is 6.97. The number of nitrogens with two attached hydrogens (primary N) is 1. The molecule has 1 aromatic carbocycles. The van der Waals surface area contributed by atoms with E-state index in [1.165, 1.54) is 6.33 Å². The van der Waals surface area contributed by atoms with Crippen molar-refractivity contribution >= 4 is 17.0 Å². The van der Waals surface area contributed by atoms with Gasteiger partial charge in [0.2, 0.25) is 6.79 Å². The fourth-order valence-electron chi connectivity index (χ4n) is 3.90. The third-order valence-electron chi connectivity index (χ3n) is 5.23. The molecule has 4 N–H and O–H groups in total. The molecular formula is C18H19N5O5. The van der Waals surface area contributed by atoms with Crippen LogP contribution in [-0.4, -0.2) is 55.3 Å². The van der Waals surface area contributed by atoms with Crippen LogP contribution < -0.4 is 15.2 Å². The van der Waals surface area contributed by atoms with E-state index in [1.807, 2.05) is 18.2 Å². The van der Waals surface area contributed by atoms with Crippen molar-refractivity contribution in [3.05, 3.63) is 36.4 Å². The molecule has 10 nitrogen and oxygen atoms in total. The first-order chi connectivity index (χ1) is 13.6. The molecule has 0 unspecified atom stereocenters. The number of hydrogen-bond donors (Lipinski definition) is 3. The number of rotatable bonds is 4. The number of fused-ring (bicyclic) bond motifs is 2. The normalized spacial score (nSPS) is 26.2. The van der Waals surface area contributed by atoms with Crippen LogP contribution in [-0.2, 0) is 16.9 Å². The molecule has 2 aliphatic heterocycles. The molecule has 0 amide bonds. The molecule has 0 spiro atoms. The summed E-state index contributed by atoms with van der Waals surface area (Å²) < 4.78 is 18.8. The quantitative estimate of drug-likeness (QED) is 0.574. The maximum atomic E-state index is 10.5. The molecule has 3 atom stereocenters. The molecule has 0 bridgehead atoms. The SMILES string of the molecule is Nc1ncnc2c1ncn2[C@@]1(Cc2ccc3c(c2)OCO3)C[C@H](O)[C@@H](CO)O1. The number of aliphatic hydroxyl groups excluding tert-OH is 2. The molecule has 0 saturated carbocycles. The first kappa shape index (κ1) is 17.2. The van der Waals surface area contributed by atoms with Crippen molar-refractivity contribution in [2.24, 2.45) is 0 Å². The zero-order valence-corrected chi connectivity index (χ0v) is 14.9. The minimum Gasteiger partial charge on any atom is -0.454 e. The maximum absolute atomic E-state index is 10.5. The Morgan fingerprint density at radius 3 is 2.89 bits per heavy atom. The average Bonchev–Trinajstić information content (AvgIpc) is 3.39. The minimum absolute atomic E-state index is 0.189. The van der Waals surface area contributed by atoms with E-state index in [0.29, 0.717) is 29.1 Å². The average molecular weight is 385 g/mol. The number of ether oxygens (including phenoxy) is 3. The van der Waals surface area contributed by atoms with Crippen molar-refractivity contribution < 1.29 is 24.4 Å². The number of anilines is 1. The highest BCUT2D eigenvalue weighted by molar-refractivity contribution is 5.81. The van der Waals surface area contributed by atoms with E-state index in [9.17, 15) is 10.2 Å². The molecule has 2 aromatic heterocycles. The fourth-order valence-corrected chi connectivity index (χ4v) is 3.90. The lowest BCUT2D eigenvalue weighted by molar-refractivity contribution is -0.114. The van der Waals surface area contributed by atoms with Crippen LogP contribution in [0.1, 0.15) is 12.0 Å². The molecule has 3 aromatic rings. The predicted molar refractivity (Wildman–Crippen MR) is 96.6 cm³/mol. The monoisotopic (exact) mass is 385 g/mol. The van der Waals surface area contributed by atoms with Gasteiger partial charge in [0, 0.05) is 12.8 Å². The number of aliphatic hydroxyl groups is 2. The molecular weight excluding hydrogens is 366 g/mol. The maximum Gasteiger partial charge on any atom is 0.231 e. The summed E-state index contributed by atoms with van der Waals surface area (Å²) in [4.78, 5) is 12.6. The van der Waals surface area contributed by atoms with Crippen molar-refractivity contribution in [1.82, 2.24) is 19.5 Å². The Bertz CT molecular complexity index is 1040. The van der Waals surface area contributed by atoms with Crippen molar-refractivity contribution in [1.29, 1.82) is 0 Å². The van der Waals surface area contributed by atoms with Crippen LogP contribution in [0.5, 0.6) is 11.5 Å². The summed E-state index contributed by atoms with van der Waals surface area (Å²) in [7, 11) is 0. The third kappa shape index (κ3) is 2.57. The van der Waals surface area contributed by atoms with Crippen LogP contribution in [0.4, 0.5) is 5.82 Å². The Kier molecular flexibility index (Phi) is 3.86. The minimum atomic E-state index is -1.00. The van der Waals surface area contributed by atoms with Gasteiger partial charge in [-0.3, -0.25) is 4.57 Å². The molecule has 146 valence electrons. The molecule has 5 rings (SSSR count). The van der Waals surface area contributed by atoms with Gasteiger partial charge in [-0.1, -0.05) is 6.07 Å². The molecule has 1 saturated heterocycles. The number of imidazole rings is 1. The summed E-state index contributed by atoms with van der Waals surface area (Å²) in [5.41, 5.74) is 6.79. The van der Waals surface area contributed by atoms with E-state index in [1.54, 1.807) is 10.9 Å². The van der Waals surface area contributed by atoms with Gasteiger partial charge in [-0.15, -0.1) is 0 Å². The summed E-state index contributed by atoms with van der Waals surface area (Å²) in [6, 6.07) is 5.64. The van der Waals surface area contributed by atoms with E-state index in [0.717, 1.165) is 5.56 Å². The van der Waals surface area contributed by atoms with Crippen molar-refractivity contribution in [2.75, 3.05) is 19.1 Å². The van der Waals surface area contributed by atoms with E-state index < -0.39 is 17.9 Å². The number of aromatic nitrogens is 4. The molecule has 0 aliphatic carbocycles. The smallest absolute Gasteiger partial charge is 0.231 e. The van der Waals surface area contributed by atoms with E-state index in [2.05, 4.69) is 15.0 Å². The number of nitrogen functional groups attached to an aromatic ring is 1. The Balaban J connectivity index is 1.61. The van der Waals surface area contributed by atoms with Gasteiger partial charge in [0.1, 0.15) is 17.9 Å². The summed E-state index contributed by atoms with van der Waals surface area (Å²) in [5, 5.41) is 20.1. The van der Waals surface area contributed by atoms with Gasteiger partial charge in [0.15, 0.2) is 28.7 Å². The molecule has 4 heterocycles. The van der Waals surface area contributed by atoms with E-state index in [4.69, 9.17) is 19.9 Å². The van der Waals surface area contributed by atoms with Crippen LogP contribution in [0, 0.1) is 0 Å². The highest BCUT2D eigenvalue weighted by Crippen LogP contribution is 2.41. The van der Waals surface area contributed by atoms with Gasteiger partial charge in [0.25, 0.3) is 0 Å². The Hall–Kier alpha value is -2.95. The molecule has 0 radical (unpaired) electrons. The van der Waals surface area contributed by atoms with E-state index in [-0.39, 0.29) is 25.6 Å². The highest BCUT2D eigenvalue weighted by atomic mass is 16.7. The second kappa shape index (κ2) is 6.30. The summed E-state index contributed by atoms with van der Waals surface area (Å²) >= 11 is 0. The van der Waals surface area contributed by atoms with Crippen molar-refractivity contribution in [3.63, 3.8) is 0 Å². The fraction of sp³-hybridized carbons (Fsp3) is 0.389. The van der Waals surface area contributed by atoms with Crippen LogP contribution in [0.2, 0.25) is 0 Å². The van der Waals surface area contributed by atoms with E-state index >= 15 is 0 Å². The van der Waals surface area contributed by atoms with Crippen LogP contribution >= 0.6 is 0 Å². The lowest BCUT2D eigenvalue weighted by Crippen LogP contribution is -2.36. The van der Waals surface area contributed by atoms with Crippen LogP contribution in [0.15, 0.2) is 30.9 Å². The Morgan fingerprint density at radius 1 is 1.21 bits per heavy atom. The molecule has 10 heteroatoms. The number of benzene rings is 1. The standard InChI is InChI=1S/C18H19N5O5/c19-16-15-17(21-7-20-16)23(8-22-15)18(5-11(25)14(6-24)28-18)4-10-1-2-12-13(3-10)27-9-26-12/h1-3,7-8,11,14,24-25H,4-6,9H2,(H2,19,20,21)/t11-,14+,18+/m0/s1. The lowest BCUT2D eigenvalue weighted by atomic mass is 9.97. The number of nitrogens with zero attached hydrogens (tertiary/aromatic N) is 4. The summed E-state index contributed by atoms with van der Waals surface area (Å²) in [5.74, 6) is 1.61. The third-order valence-corrected chi connectivity index (χ3v) is 5.23. The Morgan fingerprint density at radius 2 is 2.07 bits per heavy atom. The first-order valence-electron chi connectivity index (χ1n) is 8.89. The topological polar surface area (TPSA) is 138 Å². The van der Waals surface area contributed by atoms with Gasteiger partial charge in [-0.25, -0.2) is 15.0 Å². The highest BCUT2D eigenvalue weighted by Gasteiger charge is 2.48. The Labute approximate surface area is 159 Å². The molecule has 1 fully saturated rings. The predicted octanol–water partition coefficient (Wildman–Crippen LogP) is 0.175. The first-order valence-corrected chi connectivity index (χ1v) is 8.89. The van der Waals surface area contributed by atoms with Crippen LogP contribution in [0.3, 0.4) is 0 Å². The lowest BCUT2D eigenvalue weighted by Gasteiger charge is -2.31. The second-order valence-corrected chi connectivity index (χ2v) is 6.97. The van der Waals surface area contributed by atoms with Gasteiger partial charge >= 0.3 is 0 Å². The van der Waals surface area contributed by atoms with Crippen molar-refractivity contribution in [2.45, 2.75) is 30.8 Å². The summed E-state index contributed by atoms with van der Waals surface area (Å²) in [6.07, 6.45) is 2.03. The van der Waals surface area contributed by atoms with Crippen LogP contribution in [0.25, 0.3) is 11.2 Å². The zero-order valence-electron chi connectivity index (χ0n) is 14.9. The largest absolute Gasteiger partial charge is 0.454 e. The van der Waals surface area contributed by atoms with Gasteiger partial charge in [0.05, 0.1) is 19.0 Å². The zero-order chi connectivity index (χ0) is 19.3. The number of hydrogen-bond acceptors (Lipinski definition) is 9. The summed E-state index contributed by atoms with van der Waals surface area (Å²) in [6.45, 7) is -0.109.